The molecule has 2 aromatic rings. The van der Waals surface area contributed by atoms with E-state index < -0.39 is 18.2 Å². The van der Waals surface area contributed by atoms with Gasteiger partial charge in [0, 0.05) is 18.4 Å². The van der Waals surface area contributed by atoms with Crippen LogP contribution in [-0.4, -0.2) is 37.1 Å². The Hall–Kier alpha value is -2.61. The highest BCUT2D eigenvalue weighted by molar-refractivity contribution is 6.32. The van der Waals surface area contributed by atoms with Gasteiger partial charge >= 0.3 is 12.1 Å². The first-order valence-electron chi connectivity index (χ1n) is 9.80. The van der Waals surface area contributed by atoms with Crippen LogP contribution in [0.5, 0.6) is 17.2 Å². The standard InChI is InChI=1S/C22H20ClF3O5/c1-13-21(20(27)30-13)12-15-10-16(4-6-18(15)31-21)28-7-2-8-29-19-5-3-14(9-17(19)23)11-22(24,25)26/h3-6,9-10,13H,2,7-8,11-12H2,1H3/t13?,21-/m1/s1. The monoisotopic (exact) mass is 456 g/mol. The highest BCUT2D eigenvalue weighted by Gasteiger charge is 2.61. The fourth-order valence-electron chi connectivity index (χ4n) is 3.64. The van der Waals surface area contributed by atoms with E-state index in [0.29, 0.717) is 43.3 Å². The third-order valence-corrected chi connectivity index (χ3v) is 5.57. The summed E-state index contributed by atoms with van der Waals surface area (Å²) in [5.41, 5.74) is 0.0621. The fraction of sp³-hybridized carbons (Fsp3) is 0.409. The van der Waals surface area contributed by atoms with Crippen molar-refractivity contribution < 1.29 is 36.9 Å². The van der Waals surface area contributed by atoms with Crippen LogP contribution in [0.3, 0.4) is 0 Å². The summed E-state index contributed by atoms with van der Waals surface area (Å²) in [5, 5.41) is 0.138. The van der Waals surface area contributed by atoms with Crippen LogP contribution in [0.1, 0.15) is 24.5 Å². The molecule has 5 nitrogen and oxygen atoms in total. The number of hydrogen-bond donors (Lipinski definition) is 0. The summed E-state index contributed by atoms with van der Waals surface area (Å²) in [4.78, 5) is 11.8. The summed E-state index contributed by atoms with van der Waals surface area (Å²) < 4.78 is 59.5. The summed E-state index contributed by atoms with van der Waals surface area (Å²) in [6, 6.07) is 9.44. The molecule has 0 radical (unpaired) electrons. The molecular weight excluding hydrogens is 437 g/mol. The molecule has 1 spiro atoms. The van der Waals surface area contributed by atoms with E-state index in [1.54, 1.807) is 19.1 Å². The number of halogens is 4. The number of cyclic esters (lactones) is 1. The van der Waals surface area contributed by atoms with E-state index in [-0.39, 0.29) is 22.7 Å². The number of ether oxygens (including phenoxy) is 4. The second-order valence-corrected chi connectivity index (χ2v) is 8.00. The third-order valence-electron chi connectivity index (χ3n) is 5.28. The summed E-state index contributed by atoms with van der Waals surface area (Å²) in [6.07, 6.45) is -4.61. The predicted molar refractivity (Wildman–Crippen MR) is 106 cm³/mol. The lowest BCUT2D eigenvalue weighted by Crippen LogP contribution is -2.64. The van der Waals surface area contributed by atoms with Crippen molar-refractivity contribution in [2.75, 3.05) is 13.2 Å². The predicted octanol–water partition coefficient (Wildman–Crippen LogP) is 4.91. The van der Waals surface area contributed by atoms with E-state index in [0.717, 1.165) is 5.56 Å². The van der Waals surface area contributed by atoms with Crippen molar-refractivity contribution in [3.8, 4) is 17.2 Å². The number of rotatable bonds is 7. The summed E-state index contributed by atoms with van der Waals surface area (Å²) in [5.74, 6) is 1.28. The van der Waals surface area contributed by atoms with Gasteiger partial charge < -0.3 is 18.9 Å². The van der Waals surface area contributed by atoms with Crippen molar-refractivity contribution in [1.82, 2.24) is 0 Å². The van der Waals surface area contributed by atoms with E-state index >= 15 is 0 Å². The van der Waals surface area contributed by atoms with Crippen LogP contribution in [0.4, 0.5) is 13.2 Å². The van der Waals surface area contributed by atoms with Crippen molar-refractivity contribution in [2.24, 2.45) is 0 Å². The Morgan fingerprint density at radius 2 is 1.94 bits per heavy atom. The molecule has 2 atom stereocenters. The van der Waals surface area contributed by atoms with Gasteiger partial charge in [0.2, 0.25) is 5.60 Å². The summed E-state index contributed by atoms with van der Waals surface area (Å²) in [7, 11) is 0. The van der Waals surface area contributed by atoms with E-state index in [4.69, 9.17) is 30.5 Å². The first-order valence-corrected chi connectivity index (χ1v) is 10.2. The Balaban J connectivity index is 1.24. The zero-order valence-electron chi connectivity index (χ0n) is 16.6. The average Bonchev–Trinajstić information content (AvgIpc) is 3.10. The second-order valence-electron chi connectivity index (χ2n) is 7.59. The van der Waals surface area contributed by atoms with Gasteiger partial charge in [0.05, 0.1) is 24.7 Å². The third kappa shape index (κ3) is 4.54. The maximum atomic E-state index is 12.5. The summed E-state index contributed by atoms with van der Waals surface area (Å²) in [6.45, 7) is 2.46. The molecule has 0 N–H and O–H groups in total. The Labute approximate surface area is 182 Å². The maximum Gasteiger partial charge on any atom is 0.393 e. The van der Waals surface area contributed by atoms with Crippen molar-refractivity contribution in [3.05, 3.63) is 52.5 Å². The highest BCUT2D eigenvalue weighted by atomic mass is 35.5. The molecule has 1 unspecified atom stereocenters. The normalized spacial score (nSPS) is 21.8. The summed E-state index contributed by atoms with van der Waals surface area (Å²) >= 11 is 6.01. The molecule has 9 heteroatoms. The SMILES string of the molecule is CC1OC(=O)[C@@]12Cc1cc(OCCCOc3ccc(CC(F)(F)F)cc3Cl)ccc1O2. The number of esters is 1. The molecule has 0 amide bonds. The second kappa shape index (κ2) is 8.15. The zero-order chi connectivity index (χ0) is 22.2. The average molecular weight is 457 g/mol. The van der Waals surface area contributed by atoms with Crippen molar-refractivity contribution in [1.29, 1.82) is 0 Å². The number of carbonyl (C=O) groups is 1. The van der Waals surface area contributed by atoms with E-state index in [1.165, 1.54) is 18.2 Å². The Morgan fingerprint density at radius 3 is 2.61 bits per heavy atom. The molecule has 2 aliphatic rings. The van der Waals surface area contributed by atoms with Crippen LogP contribution in [0.2, 0.25) is 5.02 Å². The molecule has 4 rings (SSSR count). The number of fused-ring (bicyclic) bond motifs is 1. The number of carbonyl (C=O) groups excluding carboxylic acids is 1. The van der Waals surface area contributed by atoms with Crippen molar-refractivity contribution in [2.45, 2.75) is 44.1 Å². The van der Waals surface area contributed by atoms with Gasteiger partial charge in [0.25, 0.3) is 0 Å². The molecule has 0 aliphatic carbocycles. The minimum Gasteiger partial charge on any atom is -0.493 e. The number of hydrogen-bond acceptors (Lipinski definition) is 5. The lowest BCUT2D eigenvalue weighted by Gasteiger charge is -2.41. The Morgan fingerprint density at radius 1 is 1.16 bits per heavy atom. The van der Waals surface area contributed by atoms with Gasteiger partial charge in [-0.3, -0.25) is 0 Å². The zero-order valence-corrected chi connectivity index (χ0v) is 17.4. The molecule has 1 saturated heterocycles. The molecule has 31 heavy (non-hydrogen) atoms. The van der Waals surface area contributed by atoms with E-state index in [2.05, 4.69) is 0 Å². The van der Waals surface area contributed by atoms with Crippen molar-refractivity contribution in [3.63, 3.8) is 0 Å². The van der Waals surface area contributed by atoms with Crippen LogP contribution in [0.25, 0.3) is 0 Å². The highest BCUT2D eigenvalue weighted by Crippen LogP contribution is 2.44. The lowest BCUT2D eigenvalue weighted by molar-refractivity contribution is -0.214. The molecule has 1 fully saturated rings. The minimum atomic E-state index is -4.28. The molecule has 2 heterocycles. The van der Waals surface area contributed by atoms with E-state index in [9.17, 15) is 18.0 Å². The maximum absolute atomic E-state index is 12.5. The Kier molecular flexibility index (Phi) is 5.68. The van der Waals surface area contributed by atoms with Gasteiger partial charge in [-0.2, -0.15) is 13.2 Å². The molecule has 0 bridgehead atoms. The lowest BCUT2D eigenvalue weighted by atomic mass is 9.87. The van der Waals surface area contributed by atoms with Crippen molar-refractivity contribution >= 4 is 17.6 Å². The molecule has 0 saturated carbocycles. The topological polar surface area (TPSA) is 54.0 Å². The van der Waals surface area contributed by atoms with Gasteiger partial charge in [-0.05, 0) is 42.8 Å². The van der Waals surface area contributed by atoms with Gasteiger partial charge in [0.15, 0.2) is 0 Å². The minimum absolute atomic E-state index is 0.0834. The molecule has 0 aromatic heterocycles. The smallest absolute Gasteiger partial charge is 0.393 e. The van der Waals surface area contributed by atoms with E-state index in [1.807, 2.05) is 6.07 Å². The number of alkyl halides is 3. The van der Waals surface area contributed by atoms with Crippen LogP contribution in [0, 0.1) is 0 Å². The van der Waals surface area contributed by atoms with Gasteiger partial charge in [-0.1, -0.05) is 17.7 Å². The molecular formula is C22H20ClF3O5. The Bertz CT molecular complexity index is 994. The largest absolute Gasteiger partial charge is 0.493 e. The quantitative estimate of drug-likeness (QED) is 0.437. The van der Waals surface area contributed by atoms with Crippen LogP contribution in [0.15, 0.2) is 36.4 Å². The van der Waals surface area contributed by atoms with Gasteiger partial charge in [-0.15, -0.1) is 0 Å². The number of benzene rings is 2. The van der Waals surface area contributed by atoms with Crippen LogP contribution in [-0.2, 0) is 22.4 Å². The van der Waals surface area contributed by atoms with Gasteiger partial charge in [0.1, 0.15) is 23.4 Å². The first-order chi connectivity index (χ1) is 14.7. The van der Waals surface area contributed by atoms with Crippen LogP contribution >= 0.6 is 11.6 Å². The first kappa shape index (κ1) is 21.6. The fourth-order valence-corrected chi connectivity index (χ4v) is 3.89. The molecule has 166 valence electrons. The molecule has 2 aliphatic heterocycles. The van der Waals surface area contributed by atoms with Crippen LogP contribution < -0.4 is 14.2 Å². The molecule has 2 aromatic carbocycles. The van der Waals surface area contributed by atoms with Gasteiger partial charge in [-0.25, -0.2) is 4.79 Å².